The van der Waals surface area contributed by atoms with Crippen LogP contribution >= 0.6 is 0 Å². The lowest BCUT2D eigenvalue weighted by Crippen LogP contribution is -2.37. The maximum Gasteiger partial charge on any atom is 0.353 e. The van der Waals surface area contributed by atoms with Crippen molar-refractivity contribution in [1.29, 1.82) is 0 Å². The molecule has 3 heterocycles. The fourth-order valence-electron chi connectivity index (χ4n) is 3.58. The van der Waals surface area contributed by atoms with Crippen molar-refractivity contribution in [2.45, 2.75) is 39.5 Å². The van der Waals surface area contributed by atoms with Crippen molar-refractivity contribution in [2.75, 3.05) is 41.7 Å². The number of nitro groups is 1. The van der Waals surface area contributed by atoms with Gasteiger partial charge in [-0.1, -0.05) is 13.8 Å². The lowest BCUT2D eigenvalue weighted by Gasteiger charge is -2.33. The van der Waals surface area contributed by atoms with E-state index in [1.807, 2.05) is 4.90 Å². The summed E-state index contributed by atoms with van der Waals surface area (Å²) in [5.41, 5.74) is 5.80. The van der Waals surface area contributed by atoms with Crippen molar-refractivity contribution in [3.05, 3.63) is 10.1 Å². The summed E-state index contributed by atoms with van der Waals surface area (Å²) in [6.45, 7) is 7.69. The van der Waals surface area contributed by atoms with Crippen molar-refractivity contribution in [1.82, 2.24) is 9.97 Å². The van der Waals surface area contributed by atoms with Gasteiger partial charge in [0.05, 0.1) is 4.92 Å². The number of nitrogen functional groups attached to an aromatic ring is 1. The first kappa shape index (κ1) is 16.7. The van der Waals surface area contributed by atoms with Crippen LogP contribution in [0.2, 0.25) is 0 Å². The van der Waals surface area contributed by atoms with Crippen LogP contribution in [0.15, 0.2) is 0 Å². The van der Waals surface area contributed by atoms with E-state index in [0.717, 1.165) is 51.9 Å². The van der Waals surface area contributed by atoms with Crippen molar-refractivity contribution in [3.63, 3.8) is 0 Å². The standard InChI is InChI=1S/C16H26N6O2/c1-11-5-8-20(9-6-11)16-18-14(17)13(22(23)24)15(19-16)21-7-3-4-12(2)10-21/h11-12H,3-10H2,1-2H3,(H2,17,18,19). The average molecular weight is 334 g/mol. The maximum absolute atomic E-state index is 11.5. The Bertz CT molecular complexity index is 615. The van der Waals surface area contributed by atoms with Crippen molar-refractivity contribution in [3.8, 4) is 0 Å². The average Bonchev–Trinajstić information content (AvgIpc) is 2.54. The van der Waals surface area contributed by atoms with Crippen LogP contribution in [-0.2, 0) is 0 Å². The first-order valence-corrected chi connectivity index (χ1v) is 8.77. The van der Waals surface area contributed by atoms with E-state index in [1.54, 1.807) is 0 Å². The highest BCUT2D eigenvalue weighted by Crippen LogP contribution is 2.35. The summed E-state index contributed by atoms with van der Waals surface area (Å²) in [6.07, 6.45) is 4.31. The zero-order chi connectivity index (χ0) is 17.3. The predicted octanol–water partition coefficient (Wildman–Crippen LogP) is 2.44. The third-order valence-electron chi connectivity index (χ3n) is 5.09. The smallest absolute Gasteiger partial charge is 0.353 e. The van der Waals surface area contributed by atoms with Crippen LogP contribution in [0.3, 0.4) is 0 Å². The van der Waals surface area contributed by atoms with E-state index in [2.05, 4.69) is 28.7 Å². The molecule has 1 atom stereocenters. The van der Waals surface area contributed by atoms with Crippen LogP contribution in [0.1, 0.15) is 39.5 Å². The van der Waals surface area contributed by atoms with E-state index in [-0.39, 0.29) is 11.5 Å². The molecule has 0 saturated carbocycles. The number of hydrogen-bond donors (Lipinski definition) is 1. The predicted molar refractivity (Wildman–Crippen MR) is 94.3 cm³/mol. The van der Waals surface area contributed by atoms with Crippen LogP contribution in [0, 0.1) is 22.0 Å². The van der Waals surface area contributed by atoms with Gasteiger partial charge in [0.1, 0.15) is 0 Å². The molecule has 2 aliphatic heterocycles. The fraction of sp³-hybridized carbons (Fsp3) is 0.750. The minimum absolute atomic E-state index is 0.0307. The third-order valence-corrected chi connectivity index (χ3v) is 5.09. The van der Waals surface area contributed by atoms with E-state index in [9.17, 15) is 10.1 Å². The molecule has 1 unspecified atom stereocenters. The van der Waals surface area contributed by atoms with Crippen LogP contribution in [0.5, 0.6) is 0 Å². The third kappa shape index (κ3) is 3.37. The largest absolute Gasteiger partial charge is 0.378 e. The molecule has 0 radical (unpaired) electrons. The number of hydrogen-bond acceptors (Lipinski definition) is 7. The Morgan fingerprint density at radius 1 is 1.08 bits per heavy atom. The highest BCUT2D eigenvalue weighted by molar-refractivity contribution is 5.71. The van der Waals surface area contributed by atoms with Gasteiger partial charge in [-0.2, -0.15) is 9.97 Å². The number of piperidine rings is 2. The van der Waals surface area contributed by atoms with E-state index >= 15 is 0 Å². The van der Waals surface area contributed by atoms with Gasteiger partial charge in [-0.05, 0) is 37.5 Å². The maximum atomic E-state index is 11.5. The molecular formula is C16H26N6O2. The minimum Gasteiger partial charge on any atom is -0.378 e. The zero-order valence-electron chi connectivity index (χ0n) is 14.4. The second-order valence-corrected chi connectivity index (χ2v) is 7.20. The Morgan fingerprint density at radius 3 is 2.42 bits per heavy atom. The van der Waals surface area contributed by atoms with E-state index in [1.165, 1.54) is 0 Å². The van der Waals surface area contributed by atoms with Gasteiger partial charge in [-0.15, -0.1) is 0 Å². The van der Waals surface area contributed by atoms with E-state index in [4.69, 9.17) is 5.73 Å². The van der Waals surface area contributed by atoms with Gasteiger partial charge in [-0.25, -0.2) is 0 Å². The number of anilines is 3. The lowest BCUT2D eigenvalue weighted by atomic mass is 9.99. The van der Waals surface area contributed by atoms with Gasteiger partial charge in [0.2, 0.25) is 17.6 Å². The molecule has 2 saturated heterocycles. The van der Waals surface area contributed by atoms with Gasteiger partial charge in [0.25, 0.3) is 0 Å². The van der Waals surface area contributed by atoms with Crippen LogP contribution < -0.4 is 15.5 Å². The Morgan fingerprint density at radius 2 is 1.79 bits per heavy atom. The molecule has 2 N–H and O–H groups in total. The molecule has 1 aromatic heterocycles. The van der Waals surface area contributed by atoms with Gasteiger partial charge in [-0.3, -0.25) is 10.1 Å². The number of nitrogens with two attached hydrogens (primary N) is 1. The van der Waals surface area contributed by atoms with Gasteiger partial charge >= 0.3 is 5.69 Å². The Balaban J connectivity index is 1.96. The highest BCUT2D eigenvalue weighted by Gasteiger charge is 2.31. The first-order valence-electron chi connectivity index (χ1n) is 8.77. The molecule has 0 spiro atoms. The minimum atomic E-state index is -0.452. The highest BCUT2D eigenvalue weighted by atomic mass is 16.6. The molecule has 132 valence electrons. The van der Waals surface area contributed by atoms with Gasteiger partial charge < -0.3 is 15.5 Å². The second-order valence-electron chi connectivity index (χ2n) is 7.20. The molecule has 24 heavy (non-hydrogen) atoms. The normalized spacial score (nSPS) is 22.7. The molecule has 0 aliphatic carbocycles. The van der Waals surface area contributed by atoms with Gasteiger partial charge in [0.15, 0.2) is 0 Å². The quantitative estimate of drug-likeness (QED) is 0.669. The fourth-order valence-corrected chi connectivity index (χ4v) is 3.58. The topological polar surface area (TPSA) is 101 Å². The summed E-state index contributed by atoms with van der Waals surface area (Å²) in [7, 11) is 0. The molecule has 8 heteroatoms. The second kappa shape index (κ2) is 6.78. The zero-order valence-corrected chi connectivity index (χ0v) is 14.4. The lowest BCUT2D eigenvalue weighted by molar-refractivity contribution is -0.383. The van der Waals surface area contributed by atoms with Crippen LogP contribution in [0.25, 0.3) is 0 Å². The van der Waals surface area contributed by atoms with Crippen LogP contribution in [-0.4, -0.2) is 41.1 Å². The van der Waals surface area contributed by atoms with E-state index < -0.39 is 4.92 Å². The summed E-state index contributed by atoms with van der Waals surface area (Å²) in [4.78, 5) is 24.0. The molecule has 8 nitrogen and oxygen atoms in total. The Kier molecular flexibility index (Phi) is 4.73. The van der Waals surface area contributed by atoms with Crippen molar-refractivity contribution < 1.29 is 4.92 Å². The number of rotatable bonds is 3. The number of nitrogens with zero attached hydrogens (tertiary/aromatic N) is 5. The molecular weight excluding hydrogens is 308 g/mol. The molecule has 1 aromatic rings. The van der Waals surface area contributed by atoms with E-state index in [0.29, 0.717) is 23.6 Å². The molecule has 0 amide bonds. The van der Waals surface area contributed by atoms with Gasteiger partial charge in [0, 0.05) is 26.2 Å². The molecule has 0 aromatic carbocycles. The van der Waals surface area contributed by atoms with Crippen molar-refractivity contribution in [2.24, 2.45) is 11.8 Å². The summed E-state index contributed by atoms with van der Waals surface area (Å²) in [5.74, 6) is 2.07. The summed E-state index contributed by atoms with van der Waals surface area (Å²) < 4.78 is 0. The molecule has 3 rings (SSSR count). The first-order chi connectivity index (χ1) is 11.5. The molecule has 2 fully saturated rings. The SMILES string of the molecule is CC1CCN(c2nc(N)c([N+](=O)[O-])c(N3CCCC(C)C3)n2)CC1. The molecule has 2 aliphatic rings. The summed E-state index contributed by atoms with van der Waals surface area (Å²) in [5, 5.41) is 11.5. The monoisotopic (exact) mass is 334 g/mol. The summed E-state index contributed by atoms with van der Waals surface area (Å²) in [6, 6.07) is 0. The number of aromatic nitrogens is 2. The van der Waals surface area contributed by atoms with Crippen molar-refractivity contribution >= 4 is 23.3 Å². The Hall–Kier alpha value is -2.12. The summed E-state index contributed by atoms with van der Waals surface area (Å²) >= 11 is 0. The van der Waals surface area contributed by atoms with Crippen LogP contribution in [0.4, 0.5) is 23.3 Å². The molecule has 0 bridgehead atoms. The Labute approximate surface area is 142 Å².